The quantitative estimate of drug-likeness (QED) is 0.306. The molecule has 1 aliphatic carbocycles. The third-order valence-electron chi connectivity index (χ3n) is 6.18. The van der Waals surface area contributed by atoms with Gasteiger partial charge in [-0.25, -0.2) is 9.97 Å². The lowest BCUT2D eigenvalue weighted by atomic mass is 10.0. The van der Waals surface area contributed by atoms with Gasteiger partial charge in [-0.05, 0) is 47.7 Å². The first-order chi connectivity index (χ1) is 16.6. The Balaban J connectivity index is 1.40. The number of nitrogens with zero attached hydrogens (tertiary/aromatic N) is 3. The van der Waals surface area contributed by atoms with E-state index >= 15 is 0 Å². The summed E-state index contributed by atoms with van der Waals surface area (Å²) in [6, 6.07) is 27.9. The molecule has 0 saturated heterocycles. The van der Waals surface area contributed by atoms with Crippen molar-refractivity contribution in [2.24, 2.45) is 0 Å². The maximum absolute atomic E-state index is 9.99. The van der Waals surface area contributed by atoms with Gasteiger partial charge in [0.1, 0.15) is 5.82 Å². The van der Waals surface area contributed by atoms with Crippen LogP contribution in [0.5, 0.6) is 11.8 Å². The van der Waals surface area contributed by atoms with E-state index in [4.69, 9.17) is 9.97 Å². The molecule has 0 bridgehead atoms. The van der Waals surface area contributed by atoms with Crippen LogP contribution in [-0.4, -0.2) is 30.8 Å². The van der Waals surface area contributed by atoms with Crippen LogP contribution in [-0.2, 0) is 6.54 Å². The molecule has 0 atom stereocenters. The fraction of sp³-hybridized carbons (Fsp3) is 0.143. The molecule has 0 radical (unpaired) electrons. The van der Waals surface area contributed by atoms with Crippen LogP contribution in [0.2, 0.25) is 0 Å². The van der Waals surface area contributed by atoms with Gasteiger partial charge in [-0.2, -0.15) is 0 Å². The monoisotopic (exact) mass is 448 g/mol. The summed E-state index contributed by atoms with van der Waals surface area (Å²) in [5.74, 6) is 1.66. The van der Waals surface area contributed by atoms with Crippen molar-refractivity contribution in [1.82, 2.24) is 14.5 Å². The summed E-state index contributed by atoms with van der Waals surface area (Å²) >= 11 is 0. The lowest BCUT2D eigenvalue weighted by Gasteiger charge is -2.13. The number of hydrogen-bond acceptors (Lipinski definition) is 5. The number of anilines is 1. The van der Waals surface area contributed by atoms with Crippen LogP contribution in [0.3, 0.4) is 0 Å². The average Bonchev–Trinajstić information content (AvgIpc) is 3.64. The summed E-state index contributed by atoms with van der Waals surface area (Å²) in [5, 5.41) is 24.6. The van der Waals surface area contributed by atoms with Gasteiger partial charge in [0.25, 0.3) is 0 Å². The highest BCUT2D eigenvalue weighted by Crippen LogP contribution is 2.33. The maximum atomic E-state index is 9.99. The van der Waals surface area contributed by atoms with E-state index in [1.165, 1.54) is 16.7 Å². The van der Waals surface area contributed by atoms with E-state index in [0.29, 0.717) is 12.6 Å². The van der Waals surface area contributed by atoms with E-state index < -0.39 is 0 Å². The van der Waals surface area contributed by atoms with Crippen molar-refractivity contribution in [3.05, 3.63) is 90.5 Å². The number of fused-ring (bicyclic) bond motifs is 1. The van der Waals surface area contributed by atoms with Crippen molar-refractivity contribution in [2.75, 3.05) is 5.32 Å². The zero-order valence-electron chi connectivity index (χ0n) is 18.5. The minimum absolute atomic E-state index is 0.0377. The fourth-order valence-electron chi connectivity index (χ4n) is 4.20. The molecule has 0 amide bonds. The molecular weight excluding hydrogens is 424 g/mol. The summed E-state index contributed by atoms with van der Waals surface area (Å²) in [6.07, 6.45) is 2.32. The third-order valence-corrected chi connectivity index (χ3v) is 6.18. The molecule has 1 saturated carbocycles. The number of hydrogen-bond donors (Lipinski definition) is 3. The Morgan fingerprint density at radius 3 is 2.26 bits per heavy atom. The van der Waals surface area contributed by atoms with Crippen molar-refractivity contribution in [1.29, 1.82) is 0 Å². The normalized spacial score (nSPS) is 13.3. The summed E-state index contributed by atoms with van der Waals surface area (Å²) in [7, 11) is 0. The van der Waals surface area contributed by atoms with Crippen molar-refractivity contribution >= 4 is 16.7 Å². The van der Waals surface area contributed by atoms with Gasteiger partial charge in [-0.3, -0.25) is 4.57 Å². The number of aromatic hydroxyl groups is 2. The zero-order valence-corrected chi connectivity index (χ0v) is 18.5. The predicted octanol–water partition coefficient (Wildman–Crippen LogP) is 5.80. The molecule has 6 heteroatoms. The Bertz CT molecular complexity index is 1470. The molecule has 1 fully saturated rings. The molecule has 3 N–H and O–H groups in total. The van der Waals surface area contributed by atoms with Gasteiger partial charge in [-0.1, -0.05) is 54.6 Å². The minimum Gasteiger partial charge on any atom is -0.494 e. The number of rotatable bonds is 6. The second-order valence-corrected chi connectivity index (χ2v) is 8.75. The molecule has 6 rings (SSSR count). The van der Waals surface area contributed by atoms with Crippen LogP contribution >= 0.6 is 0 Å². The molecule has 2 aromatic heterocycles. The molecular formula is C28H24N4O2. The standard InChI is InChI=1S/C28H24N4O2/c33-25-13-14-26(34)32(25)17-18-5-4-8-20(15-18)21-9-12-24-23(16-21)28(29-22-10-11-22)31-27(30-24)19-6-2-1-3-7-19/h1-9,12-16,22,33-34H,10-11,17H2,(H,29,30,31). The molecule has 168 valence electrons. The Hall–Kier alpha value is -4.32. The highest BCUT2D eigenvalue weighted by atomic mass is 16.3. The molecule has 2 heterocycles. The van der Waals surface area contributed by atoms with Crippen molar-refractivity contribution in [2.45, 2.75) is 25.4 Å². The lowest BCUT2D eigenvalue weighted by molar-refractivity contribution is 0.377. The molecule has 3 aromatic carbocycles. The number of nitrogens with one attached hydrogen (secondary N) is 1. The zero-order chi connectivity index (χ0) is 23.1. The summed E-state index contributed by atoms with van der Waals surface area (Å²) in [5.41, 5.74) is 4.99. The largest absolute Gasteiger partial charge is 0.494 e. The highest BCUT2D eigenvalue weighted by molar-refractivity contribution is 5.94. The third kappa shape index (κ3) is 3.94. The Morgan fingerprint density at radius 1 is 0.765 bits per heavy atom. The van der Waals surface area contributed by atoms with E-state index in [1.54, 1.807) is 0 Å². The van der Waals surface area contributed by atoms with Gasteiger partial charge >= 0.3 is 0 Å². The number of benzene rings is 3. The summed E-state index contributed by atoms with van der Waals surface area (Å²) in [6.45, 7) is 0.379. The molecule has 34 heavy (non-hydrogen) atoms. The van der Waals surface area contributed by atoms with E-state index in [9.17, 15) is 10.2 Å². The summed E-state index contributed by atoms with van der Waals surface area (Å²) < 4.78 is 1.47. The SMILES string of the molecule is Oc1ccc(O)n1Cc1cccc(-c2ccc3nc(-c4ccccc4)nc(NC4CC4)c3c2)c1. The minimum atomic E-state index is 0.0377. The average molecular weight is 449 g/mol. The molecule has 0 aliphatic heterocycles. The number of aromatic nitrogens is 3. The van der Waals surface area contributed by atoms with Crippen molar-refractivity contribution in [3.8, 4) is 34.3 Å². The van der Waals surface area contributed by atoms with Crippen LogP contribution in [0.1, 0.15) is 18.4 Å². The molecule has 0 spiro atoms. The predicted molar refractivity (Wildman–Crippen MR) is 134 cm³/mol. The Morgan fingerprint density at radius 2 is 1.50 bits per heavy atom. The van der Waals surface area contributed by atoms with Crippen LogP contribution < -0.4 is 5.32 Å². The van der Waals surface area contributed by atoms with Crippen molar-refractivity contribution in [3.63, 3.8) is 0 Å². The van der Waals surface area contributed by atoms with Gasteiger partial charge in [0.15, 0.2) is 17.6 Å². The Labute approximate surface area is 197 Å². The van der Waals surface area contributed by atoms with Gasteiger partial charge < -0.3 is 15.5 Å². The molecule has 0 unspecified atom stereocenters. The van der Waals surface area contributed by atoms with Crippen LogP contribution in [0.4, 0.5) is 5.82 Å². The van der Waals surface area contributed by atoms with Gasteiger partial charge in [0, 0.05) is 29.1 Å². The van der Waals surface area contributed by atoms with E-state index in [1.807, 2.05) is 48.5 Å². The second-order valence-electron chi connectivity index (χ2n) is 8.75. The van der Waals surface area contributed by atoms with E-state index in [0.717, 1.165) is 57.6 Å². The van der Waals surface area contributed by atoms with Gasteiger partial charge in [0.05, 0.1) is 12.1 Å². The first-order valence-electron chi connectivity index (χ1n) is 11.4. The molecule has 1 aliphatic rings. The first kappa shape index (κ1) is 20.3. The first-order valence-corrected chi connectivity index (χ1v) is 11.4. The van der Waals surface area contributed by atoms with E-state index in [-0.39, 0.29) is 11.8 Å². The topological polar surface area (TPSA) is 83.2 Å². The van der Waals surface area contributed by atoms with E-state index in [2.05, 4.69) is 29.6 Å². The van der Waals surface area contributed by atoms with Crippen LogP contribution in [0.25, 0.3) is 33.4 Å². The second kappa shape index (κ2) is 8.23. The van der Waals surface area contributed by atoms with Crippen LogP contribution in [0.15, 0.2) is 84.9 Å². The highest BCUT2D eigenvalue weighted by Gasteiger charge is 2.23. The maximum Gasteiger partial charge on any atom is 0.194 e. The smallest absolute Gasteiger partial charge is 0.194 e. The molecule has 6 nitrogen and oxygen atoms in total. The molecule has 5 aromatic rings. The Kier molecular flexibility index (Phi) is 4.91. The van der Waals surface area contributed by atoms with Crippen LogP contribution in [0, 0.1) is 0 Å². The fourth-order valence-corrected chi connectivity index (χ4v) is 4.20. The van der Waals surface area contributed by atoms with Gasteiger partial charge in [-0.15, -0.1) is 0 Å². The summed E-state index contributed by atoms with van der Waals surface area (Å²) in [4.78, 5) is 9.74. The van der Waals surface area contributed by atoms with Crippen molar-refractivity contribution < 1.29 is 10.2 Å². The van der Waals surface area contributed by atoms with Gasteiger partial charge in [0.2, 0.25) is 0 Å². The lowest BCUT2D eigenvalue weighted by Crippen LogP contribution is -2.06.